The molecule has 2 atom stereocenters. The lowest BCUT2D eigenvalue weighted by atomic mass is 10.1. The van der Waals surface area contributed by atoms with Crippen LogP contribution in [-0.4, -0.2) is 35.1 Å². The van der Waals surface area contributed by atoms with E-state index in [9.17, 15) is 4.79 Å². The van der Waals surface area contributed by atoms with E-state index in [2.05, 4.69) is 13.8 Å². The predicted molar refractivity (Wildman–Crippen MR) is 56.3 cm³/mol. The van der Waals surface area contributed by atoms with Crippen LogP contribution in [0.3, 0.4) is 0 Å². The first-order chi connectivity index (χ1) is 6.57. The van der Waals surface area contributed by atoms with Gasteiger partial charge in [0.15, 0.2) is 0 Å². The summed E-state index contributed by atoms with van der Waals surface area (Å²) in [5.74, 6) is -0.255. The lowest BCUT2D eigenvalue weighted by Gasteiger charge is -2.30. The van der Waals surface area contributed by atoms with Gasteiger partial charge in [0.1, 0.15) is 6.04 Å². The standard InChI is InChI=1S/C11H21NO2/c1-4-5-8(2)12(3)10(11(13)14)9-6-7-9/h8-10H,4-7H2,1-3H3,(H,13,14). The van der Waals surface area contributed by atoms with Gasteiger partial charge in [0.25, 0.3) is 0 Å². The fourth-order valence-corrected chi connectivity index (χ4v) is 2.02. The van der Waals surface area contributed by atoms with Crippen LogP contribution in [0.2, 0.25) is 0 Å². The van der Waals surface area contributed by atoms with Crippen molar-refractivity contribution in [2.24, 2.45) is 5.92 Å². The molecule has 0 aromatic rings. The van der Waals surface area contributed by atoms with E-state index < -0.39 is 5.97 Å². The van der Waals surface area contributed by atoms with Gasteiger partial charge in [0, 0.05) is 6.04 Å². The van der Waals surface area contributed by atoms with Gasteiger partial charge in [-0.3, -0.25) is 9.69 Å². The number of nitrogens with zero attached hydrogens (tertiary/aromatic N) is 1. The number of aliphatic carboxylic acids is 1. The number of hydrogen-bond acceptors (Lipinski definition) is 2. The summed E-state index contributed by atoms with van der Waals surface area (Å²) >= 11 is 0. The Labute approximate surface area is 86.1 Å². The average Bonchev–Trinajstić information content (AvgIpc) is 2.88. The predicted octanol–water partition coefficient (Wildman–Crippen LogP) is 1.97. The molecule has 0 aliphatic heterocycles. The quantitative estimate of drug-likeness (QED) is 0.711. The van der Waals surface area contributed by atoms with Crippen LogP contribution in [-0.2, 0) is 4.79 Å². The normalized spacial score (nSPS) is 20.9. The Morgan fingerprint density at radius 1 is 1.57 bits per heavy atom. The van der Waals surface area contributed by atoms with E-state index in [0.29, 0.717) is 12.0 Å². The van der Waals surface area contributed by atoms with Crippen LogP contribution in [0, 0.1) is 5.92 Å². The average molecular weight is 199 g/mol. The van der Waals surface area contributed by atoms with Crippen molar-refractivity contribution < 1.29 is 9.90 Å². The largest absolute Gasteiger partial charge is 0.480 e. The Morgan fingerprint density at radius 2 is 2.14 bits per heavy atom. The van der Waals surface area contributed by atoms with E-state index in [0.717, 1.165) is 25.7 Å². The highest BCUT2D eigenvalue weighted by Gasteiger charge is 2.39. The zero-order chi connectivity index (χ0) is 10.7. The monoisotopic (exact) mass is 199 g/mol. The third kappa shape index (κ3) is 2.71. The molecule has 3 heteroatoms. The number of hydrogen-bond donors (Lipinski definition) is 1. The fraction of sp³-hybridized carbons (Fsp3) is 0.909. The van der Waals surface area contributed by atoms with E-state index in [1.54, 1.807) is 0 Å². The van der Waals surface area contributed by atoms with E-state index in [4.69, 9.17) is 5.11 Å². The molecule has 0 bridgehead atoms. The molecule has 1 rings (SSSR count). The highest BCUT2D eigenvalue weighted by atomic mass is 16.4. The van der Waals surface area contributed by atoms with Crippen LogP contribution in [0.5, 0.6) is 0 Å². The molecule has 1 aliphatic carbocycles. The van der Waals surface area contributed by atoms with Gasteiger partial charge in [-0.2, -0.15) is 0 Å². The summed E-state index contributed by atoms with van der Waals surface area (Å²) in [7, 11) is 1.94. The smallest absolute Gasteiger partial charge is 0.321 e. The van der Waals surface area contributed by atoms with Crippen LogP contribution < -0.4 is 0 Å². The molecule has 1 fully saturated rings. The summed E-state index contributed by atoms with van der Waals surface area (Å²) in [6.45, 7) is 4.25. The highest BCUT2D eigenvalue weighted by molar-refractivity contribution is 5.74. The van der Waals surface area contributed by atoms with Crippen molar-refractivity contribution in [1.29, 1.82) is 0 Å². The molecule has 1 aliphatic rings. The number of carboxylic acid groups (broad SMARTS) is 1. The molecule has 82 valence electrons. The summed E-state index contributed by atoms with van der Waals surface area (Å²) in [6.07, 6.45) is 4.36. The maximum Gasteiger partial charge on any atom is 0.321 e. The third-order valence-electron chi connectivity index (χ3n) is 3.16. The minimum atomic E-state index is -0.655. The second kappa shape index (κ2) is 4.78. The first kappa shape index (κ1) is 11.5. The van der Waals surface area contributed by atoms with E-state index in [-0.39, 0.29) is 6.04 Å². The second-order valence-electron chi connectivity index (χ2n) is 4.42. The van der Waals surface area contributed by atoms with Crippen molar-refractivity contribution in [2.75, 3.05) is 7.05 Å². The van der Waals surface area contributed by atoms with Gasteiger partial charge in [0.2, 0.25) is 0 Å². The Balaban J connectivity index is 2.53. The van der Waals surface area contributed by atoms with Gasteiger partial charge in [-0.1, -0.05) is 13.3 Å². The molecule has 1 N–H and O–H groups in total. The molecule has 0 saturated heterocycles. The lowest BCUT2D eigenvalue weighted by molar-refractivity contribution is -0.144. The molecular weight excluding hydrogens is 178 g/mol. The Bertz CT molecular complexity index is 201. The summed E-state index contributed by atoms with van der Waals surface area (Å²) < 4.78 is 0. The number of rotatable bonds is 6. The first-order valence-electron chi connectivity index (χ1n) is 5.52. The molecule has 0 aromatic heterocycles. The maximum absolute atomic E-state index is 11.1. The minimum absolute atomic E-state index is 0.253. The molecular formula is C11H21NO2. The summed E-state index contributed by atoms with van der Waals surface area (Å²) in [4.78, 5) is 13.1. The van der Waals surface area contributed by atoms with Crippen molar-refractivity contribution in [3.63, 3.8) is 0 Å². The van der Waals surface area contributed by atoms with Gasteiger partial charge in [-0.15, -0.1) is 0 Å². The molecule has 1 saturated carbocycles. The van der Waals surface area contributed by atoms with Crippen LogP contribution in [0.25, 0.3) is 0 Å². The number of carbonyl (C=O) groups is 1. The van der Waals surface area contributed by atoms with Crippen LogP contribution >= 0.6 is 0 Å². The molecule has 0 radical (unpaired) electrons. The van der Waals surface area contributed by atoms with Crippen molar-refractivity contribution >= 4 is 5.97 Å². The van der Waals surface area contributed by atoms with E-state index in [1.165, 1.54) is 0 Å². The maximum atomic E-state index is 11.1. The molecule has 14 heavy (non-hydrogen) atoms. The van der Waals surface area contributed by atoms with E-state index in [1.807, 2.05) is 11.9 Å². The van der Waals surface area contributed by atoms with Crippen molar-refractivity contribution in [2.45, 2.75) is 51.6 Å². The van der Waals surface area contributed by atoms with Gasteiger partial charge in [0.05, 0.1) is 0 Å². The molecule has 2 unspecified atom stereocenters. The van der Waals surface area contributed by atoms with Gasteiger partial charge < -0.3 is 5.11 Å². The van der Waals surface area contributed by atoms with Gasteiger partial charge >= 0.3 is 5.97 Å². The third-order valence-corrected chi connectivity index (χ3v) is 3.16. The zero-order valence-corrected chi connectivity index (χ0v) is 9.36. The minimum Gasteiger partial charge on any atom is -0.480 e. The Kier molecular flexibility index (Phi) is 3.93. The lowest BCUT2D eigenvalue weighted by Crippen LogP contribution is -2.45. The number of likely N-dealkylation sites (N-methyl/N-ethyl adjacent to an activating group) is 1. The molecule has 3 nitrogen and oxygen atoms in total. The van der Waals surface area contributed by atoms with Crippen molar-refractivity contribution in [3.8, 4) is 0 Å². The van der Waals surface area contributed by atoms with Crippen LogP contribution in [0.1, 0.15) is 39.5 Å². The van der Waals surface area contributed by atoms with Gasteiger partial charge in [-0.05, 0) is 39.2 Å². The first-order valence-corrected chi connectivity index (χ1v) is 5.52. The van der Waals surface area contributed by atoms with Crippen molar-refractivity contribution in [3.05, 3.63) is 0 Å². The molecule has 0 aromatic carbocycles. The molecule has 0 heterocycles. The topological polar surface area (TPSA) is 40.5 Å². The summed E-state index contributed by atoms with van der Waals surface area (Å²) in [5, 5.41) is 9.13. The van der Waals surface area contributed by atoms with Crippen molar-refractivity contribution in [1.82, 2.24) is 4.90 Å². The highest BCUT2D eigenvalue weighted by Crippen LogP contribution is 2.36. The van der Waals surface area contributed by atoms with Crippen LogP contribution in [0.15, 0.2) is 0 Å². The number of carboxylic acids is 1. The van der Waals surface area contributed by atoms with Gasteiger partial charge in [-0.25, -0.2) is 0 Å². The summed E-state index contributed by atoms with van der Waals surface area (Å²) in [5.41, 5.74) is 0. The SMILES string of the molecule is CCCC(C)N(C)C(C(=O)O)C1CC1. The second-order valence-corrected chi connectivity index (χ2v) is 4.42. The van der Waals surface area contributed by atoms with Crippen LogP contribution in [0.4, 0.5) is 0 Å². The molecule has 0 spiro atoms. The van der Waals surface area contributed by atoms with E-state index >= 15 is 0 Å². The fourth-order valence-electron chi connectivity index (χ4n) is 2.02. The Morgan fingerprint density at radius 3 is 2.50 bits per heavy atom. The Hall–Kier alpha value is -0.570. The molecule has 0 amide bonds. The summed E-state index contributed by atoms with van der Waals surface area (Å²) in [6, 6.07) is 0.123. The zero-order valence-electron chi connectivity index (χ0n) is 9.36.